The lowest BCUT2D eigenvalue weighted by Crippen LogP contribution is -2.23. The van der Waals surface area contributed by atoms with Crippen molar-refractivity contribution >= 4 is 0 Å². The smallest absolute Gasteiger partial charge is 0.126 e. The second kappa shape index (κ2) is 4.47. The van der Waals surface area contributed by atoms with Gasteiger partial charge in [0.05, 0.1) is 6.10 Å². The summed E-state index contributed by atoms with van der Waals surface area (Å²) >= 11 is 0. The molecule has 1 aromatic rings. The van der Waals surface area contributed by atoms with Crippen LogP contribution in [0.1, 0.15) is 25.0 Å². The number of ether oxygens (including phenoxy) is 1. The van der Waals surface area contributed by atoms with Gasteiger partial charge in [-0.3, -0.25) is 0 Å². The van der Waals surface area contributed by atoms with Gasteiger partial charge in [0, 0.05) is 12.7 Å². The maximum atomic E-state index is 13.0. The molecule has 0 spiro atoms. The van der Waals surface area contributed by atoms with E-state index < -0.39 is 17.7 Å². The SMILES string of the molecule is CC1CCOC1C(O)c1cc(F)cc(F)c1. The maximum absolute atomic E-state index is 13.0. The van der Waals surface area contributed by atoms with E-state index in [9.17, 15) is 13.9 Å². The highest BCUT2D eigenvalue weighted by Gasteiger charge is 2.32. The van der Waals surface area contributed by atoms with Crippen molar-refractivity contribution in [3.63, 3.8) is 0 Å². The minimum atomic E-state index is -0.970. The lowest BCUT2D eigenvalue weighted by Gasteiger charge is -2.21. The van der Waals surface area contributed by atoms with E-state index in [2.05, 4.69) is 0 Å². The summed E-state index contributed by atoms with van der Waals surface area (Å²) < 4.78 is 31.3. The zero-order valence-electron chi connectivity index (χ0n) is 8.99. The summed E-state index contributed by atoms with van der Waals surface area (Å²) in [6.45, 7) is 2.54. The van der Waals surface area contributed by atoms with E-state index >= 15 is 0 Å². The molecule has 16 heavy (non-hydrogen) atoms. The Morgan fingerprint density at radius 3 is 2.44 bits per heavy atom. The summed E-state index contributed by atoms with van der Waals surface area (Å²) in [7, 11) is 0. The first kappa shape index (κ1) is 11.5. The van der Waals surface area contributed by atoms with Crippen molar-refractivity contribution in [2.75, 3.05) is 6.61 Å². The van der Waals surface area contributed by atoms with E-state index in [4.69, 9.17) is 4.74 Å². The standard InChI is InChI=1S/C12H14F2O2/c1-7-2-3-16-12(7)11(15)8-4-9(13)6-10(14)5-8/h4-7,11-12,15H,2-3H2,1H3. The van der Waals surface area contributed by atoms with Gasteiger partial charge in [-0.25, -0.2) is 8.78 Å². The minimum absolute atomic E-state index is 0.196. The van der Waals surface area contributed by atoms with E-state index in [-0.39, 0.29) is 17.6 Å². The van der Waals surface area contributed by atoms with Gasteiger partial charge in [0.1, 0.15) is 17.7 Å². The van der Waals surface area contributed by atoms with Crippen molar-refractivity contribution in [2.45, 2.75) is 25.6 Å². The van der Waals surface area contributed by atoms with Gasteiger partial charge >= 0.3 is 0 Å². The number of hydrogen-bond donors (Lipinski definition) is 1. The highest BCUT2D eigenvalue weighted by atomic mass is 19.1. The molecule has 2 nitrogen and oxygen atoms in total. The molecule has 3 unspecified atom stereocenters. The highest BCUT2D eigenvalue weighted by molar-refractivity contribution is 5.21. The third-order valence-electron chi connectivity index (χ3n) is 2.98. The molecule has 0 saturated carbocycles. The van der Waals surface area contributed by atoms with Crippen LogP contribution in [0.15, 0.2) is 18.2 Å². The Morgan fingerprint density at radius 2 is 1.94 bits per heavy atom. The normalized spacial score (nSPS) is 27.0. The predicted molar refractivity (Wildman–Crippen MR) is 54.8 cm³/mol. The minimum Gasteiger partial charge on any atom is -0.386 e. The number of halogens is 2. The first-order valence-corrected chi connectivity index (χ1v) is 5.33. The van der Waals surface area contributed by atoms with Crippen molar-refractivity contribution in [3.05, 3.63) is 35.4 Å². The Balaban J connectivity index is 2.22. The maximum Gasteiger partial charge on any atom is 0.126 e. The van der Waals surface area contributed by atoms with Gasteiger partial charge in [0.15, 0.2) is 0 Å². The Bertz CT molecular complexity index is 361. The van der Waals surface area contributed by atoms with Crippen molar-refractivity contribution in [2.24, 2.45) is 5.92 Å². The van der Waals surface area contributed by atoms with Gasteiger partial charge < -0.3 is 9.84 Å². The number of benzene rings is 1. The van der Waals surface area contributed by atoms with Gasteiger partial charge in [0.25, 0.3) is 0 Å². The molecule has 88 valence electrons. The first-order chi connectivity index (χ1) is 7.58. The summed E-state index contributed by atoms with van der Waals surface area (Å²) in [6, 6.07) is 3.07. The van der Waals surface area contributed by atoms with Gasteiger partial charge in [-0.1, -0.05) is 6.92 Å². The third-order valence-corrected chi connectivity index (χ3v) is 2.98. The summed E-state index contributed by atoms with van der Waals surface area (Å²) in [5.41, 5.74) is 0.233. The first-order valence-electron chi connectivity index (χ1n) is 5.33. The molecule has 4 heteroatoms. The van der Waals surface area contributed by atoms with Crippen LogP contribution in [0, 0.1) is 17.6 Å². The fourth-order valence-electron chi connectivity index (χ4n) is 2.06. The average Bonchev–Trinajstić information content (AvgIpc) is 2.62. The van der Waals surface area contributed by atoms with E-state index in [1.807, 2.05) is 6.92 Å². The van der Waals surface area contributed by atoms with Crippen LogP contribution < -0.4 is 0 Å². The van der Waals surface area contributed by atoms with Crippen molar-refractivity contribution < 1.29 is 18.6 Å². The molecule has 1 fully saturated rings. The van der Waals surface area contributed by atoms with Crippen LogP contribution in [0.5, 0.6) is 0 Å². The van der Waals surface area contributed by atoms with Crippen molar-refractivity contribution in [1.29, 1.82) is 0 Å². The fourth-order valence-corrected chi connectivity index (χ4v) is 2.06. The monoisotopic (exact) mass is 228 g/mol. The van der Waals surface area contributed by atoms with Crippen LogP contribution in [-0.2, 0) is 4.74 Å². The molecule has 1 aliphatic rings. The van der Waals surface area contributed by atoms with Gasteiger partial charge in [0.2, 0.25) is 0 Å². The quantitative estimate of drug-likeness (QED) is 0.842. The molecule has 1 heterocycles. The van der Waals surface area contributed by atoms with Gasteiger partial charge in [-0.05, 0) is 30.0 Å². The Hall–Kier alpha value is -1.00. The second-order valence-corrected chi connectivity index (χ2v) is 4.25. The molecule has 1 aromatic carbocycles. The topological polar surface area (TPSA) is 29.5 Å². The third kappa shape index (κ3) is 2.23. The molecule has 0 aromatic heterocycles. The van der Waals surface area contributed by atoms with Crippen molar-refractivity contribution in [1.82, 2.24) is 0 Å². The largest absolute Gasteiger partial charge is 0.386 e. The molecule has 0 radical (unpaired) electrons. The fraction of sp³-hybridized carbons (Fsp3) is 0.500. The molecule has 3 atom stereocenters. The van der Waals surface area contributed by atoms with Gasteiger partial charge in [-0.15, -0.1) is 0 Å². The zero-order valence-corrected chi connectivity index (χ0v) is 8.99. The highest BCUT2D eigenvalue weighted by Crippen LogP contribution is 2.31. The van der Waals surface area contributed by atoms with Crippen LogP contribution in [-0.4, -0.2) is 17.8 Å². The van der Waals surface area contributed by atoms with Crippen LogP contribution in [0.25, 0.3) is 0 Å². The Morgan fingerprint density at radius 1 is 1.31 bits per heavy atom. The number of aliphatic hydroxyl groups excluding tert-OH is 1. The molecule has 0 amide bonds. The van der Waals surface area contributed by atoms with Gasteiger partial charge in [-0.2, -0.15) is 0 Å². The van der Waals surface area contributed by atoms with E-state index in [0.717, 1.165) is 24.6 Å². The predicted octanol–water partition coefficient (Wildman–Crippen LogP) is 2.42. The average molecular weight is 228 g/mol. The number of hydrogen-bond acceptors (Lipinski definition) is 2. The molecule has 1 aliphatic heterocycles. The molecule has 0 aliphatic carbocycles. The number of aliphatic hydroxyl groups is 1. The lowest BCUT2D eigenvalue weighted by atomic mass is 9.95. The summed E-state index contributed by atoms with van der Waals surface area (Å²) in [4.78, 5) is 0. The second-order valence-electron chi connectivity index (χ2n) is 4.25. The molecule has 1 saturated heterocycles. The van der Waals surface area contributed by atoms with Crippen LogP contribution in [0.4, 0.5) is 8.78 Å². The summed E-state index contributed by atoms with van der Waals surface area (Å²) in [5, 5.41) is 9.98. The summed E-state index contributed by atoms with van der Waals surface area (Å²) in [5.74, 6) is -1.17. The molecule has 2 rings (SSSR count). The lowest BCUT2D eigenvalue weighted by molar-refractivity contribution is -0.0180. The van der Waals surface area contributed by atoms with E-state index in [1.165, 1.54) is 0 Å². The Kier molecular flexibility index (Phi) is 3.21. The molecule has 1 N–H and O–H groups in total. The summed E-state index contributed by atoms with van der Waals surface area (Å²) in [6.07, 6.45) is -0.483. The zero-order chi connectivity index (χ0) is 11.7. The Labute approximate surface area is 92.9 Å². The molecular formula is C12H14F2O2. The number of rotatable bonds is 2. The van der Waals surface area contributed by atoms with Crippen LogP contribution in [0.3, 0.4) is 0 Å². The van der Waals surface area contributed by atoms with Crippen molar-refractivity contribution in [3.8, 4) is 0 Å². The van der Waals surface area contributed by atoms with Crippen LogP contribution in [0.2, 0.25) is 0 Å². The molecule has 0 bridgehead atoms. The van der Waals surface area contributed by atoms with Crippen LogP contribution >= 0.6 is 0 Å². The van der Waals surface area contributed by atoms with E-state index in [0.29, 0.717) is 6.61 Å². The van der Waals surface area contributed by atoms with E-state index in [1.54, 1.807) is 0 Å². The molecular weight excluding hydrogens is 214 g/mol.